The summed E-state index contributed by atoms with van der Waals surface area (Å²) in [6.45, 7) is 3.87. The molecule has 0 saturated carbocycles. The molecule has 0 aromatic heterocycles. The van der Waals surface area contributed by atoms with Gasteiger partial charge in [0.05, 0.1) is 6.61 Å². The van der Waals surface area contributed by atoms with E-state index in [1.54, 1.807) is 7.11 Å². The van der Waals surface area contributed by atoms with Crippen LogP contribution in [0.1, 0.15) is 18.5 Å². The van der Waals surface area contributed by atoms with Gasteiger partial charge in [-0.3, -0.25) is 0 Å². The smallest absolute Gasteiger partial charge is 0.0613 e. The quantitative estimate of drug-likeness (QED) is 0.782. The minimum atomic E-state index is 0.344. The standard InChI is InChI=1S/C14H24N2O/c1-12(11-17-4)15-14(10-16(2)3)13-8-6-5-7-9-13/h5-9,12,14-15H,10-11H2,1-4H3. The van der Waals surface area contributed by atoms with E-state index in [0.717, 1.165) is 13.2 Å². The fourth-order valence-corrected chi connectivity index (χ4v) is 1.95. The van der Waals surface area contributed by atoms with Gasteiger partial charge in [-0.2, -0.15) is 0 Å². The van der Waals surface area contributed by atoms with Crippen LogP contribution in [-0.4, -0.2) is 45.3 Å². The first-order valence-electron chi connectivity index (χ1n) is 6.08. The third-order valence-electron chi connectivity index (χ3n) is 2.65. The maximum atomic E-state index is 5.17. The summed E-state index contributed by atoms with van der Waals surface area (Å²) < 4.78 is 5.17. The molecule has 1 rings (SSSR count). The number of benzene rings is 1. The average molecular weight is 236 g/mol. The molecule has 0 radical (unpaired) electrons. The monoisotopic (exact) mass is 236 g/mol. The first kappa shape index (κ1) is 14.2. The van der Waals surface area contributed by atoms with E-state index in [-0.39, 0.29) is 0 Å². The third kappa shape index (κ3) is 5.31. The molecule has 3 nitrogen and oxygen atoms in total. The van der Waals surface area contributed by atoms with E-state index < -0.39 is 0 Å². The molecule has 0 aliphatic heterocycles. The lowest BCUT2D eigenvalue weighted by molar-refractivity contribution is 0.163. The summed E-state index contributed by atoms with van der Waals surface area (Å²) >= 11 is 0. The Hall–Kier alpha value is -0.900. The Morgan fingerprint density at radius 2 is 1.88 bits per heavy atom. The summed E-state index contributed by atoms with van der Waals surface area (Å²) in [7, 11) is 5.93. The second-order valence-corrected chi connectivity index (χ2v) is 4.75. The second-order valence-electron chi connectivity index (χ2n) is 4.75. The fraction of sp³-hybridized carbons (Fsp3) is 0.571. The first-order valence-corrected chi connectivity index (χ1v) is 6.08. The van der Waals surface area contributed by atoms with Gasteiger partial charge in [-0.1, -0.05) is 30.3 Å². The number of rotatable bonds is 7. The summed E-state index contributed by atoms with van der Waals surface area (Å²) in [6, 6.07) is 11.2. The van der Waals surface area contributed by atoms with Gasteiger partial charge in [0.25, 0.3) is 0 Å². The number of hydrogen-bond donors (Lipinski definition) is 1. The van der Waals surface area contributed by atoms with Gasteiger partial charge in [-0.15, -0.1) is 0 Å². The van der Waals surface area contributed by atoms with Crippen molar-refractivity contribution in [1.29, 1.82) is 0 Å². The molecule has 0 amide bonds. The molecule has 0 aliphatic carbocycles. The first-order chi connectivity index (χ1) is 8.13. The van der Waals surface area contributed by atoms with Crippen LogP contribution in [0.3, 0.4) is 0 Å². The molecular weight excluding hydrogens is 212 g/mol. The summed E-state index contributed by atoms with van der Waals surface area (Å²) in [5.74, 6) is 0. The van der Waals surface area contributed by atoms with Crippen LogP contribution in [0.4, 0.5) is 0 Å². The van der Waals surface area contributed by atoms with Crippen molar-refractivity contribution >= 4 is 0 Å². The van der Waals surface area contributed by atoms with Crippen molar-refractivity contribution in [1.82, 2.24) is 10.2 Å². The number of nitrogens with zero attached hydrogens (tertiary/aromatic N) is 1. The molecule has 0 heterocycles. The molecule has 0 aliphatic rings. The molecule has 3 heteroatoms. The molecule has 1 aromatic rings. The highest BCUT2D eigenvalue weighted by molar-refractivity contribution is 5.19. The van der Waals surface area contributed by atoms with E-state index >= 15 is 0 Å². The van der Waals surface area contributed by atoms with Gasteiger partial charge in [0.1, 0.15) is 0 Å². The maximum Gasteiger partial charge on any atom is 0.0613 e. The Kier molecular flexibility index (Phi) is 6.19. The van der Waals surface area contributed by atoms with Crippen LogP contribution in [0.5, 0.6) is 0 Å². The van der Waals surface area contributed by atoms with Gasteiger partial charge < -0.3 is 15.0 Å². The number of methoxy groups -OCH3 is 1. The van der Waals surface area contributed by atoms with E-state index in [9.17, 15) is 0 Å². The zero-order chi connectivity index (χ0) is 12.7. The van der Waals surface area contributed by atoms with Crippen molar-refractivity contribution in [3.05, 3.63) is 35.9 Å². The van der Waals surface area contributed by atoms with Gasteiger partial charge in [-0.25, -0.2) is 0 Å². The van der Waals surface area contributed by atoms with E-state index in [1.165, 1.54) is 5.56 Å². The number of nitrogens with one attached hydrogen (secondary N) is 1. The molecule has 2 unspecified atom stereocenters. The molecule has 0 fully saturated rings. The van der Waals surface area contributed by atoms with Crippen LogP contribution in [0.2, 0.25) is 0 Å². The highest BCUT2D eigenvalue weighted by atomic mass is 16.5. The van der Waals surface area contributed by atoms with Crippen molar-refractivity contribution < 1.29 is 4.74 Å². The van der Waals surface area contributed by atoms with Crippen LogP contribution in [0, 0.1) is 0 Å². The molecular formula is C14H24N2O. The van der Waals surface area contributed by atoms with E-state index in [4.69, 9.17) is 4.74 Å². The van der Waals surface area contributed by atoms with Crippen LogP contribution < -0.4 is 5.32 Å². The van der Waals surface area contributed by atoms with Crippen LogP contribution in [0.25, 0.3) is 0 Å². The van der Waals surface area contributed by atoms with Gasteiger partial charge in [-0.05, 0) is 26.6 Å². The normalized spacial score (nSPS) is 14.9. The largest absolute Gasteiger partial charge is 0.383 e. The lowest BCUT2D eigenvalue weighted by Crippen LogP contribution is -2.38. The Morgan fingerprint density at radius 3 is 2.41 bits per heavy atom. The summed E-state index contributed by atoms with van der Waals surface area (Å²) in [5.41, 5.74) is 1.32. The van der Waals surface area contributed by atoms with Crippen molar-refractivity contribution in [2.75, 3.05) is 34.4 Å². The zero-order valence-electron chi connectivity index (χ0n) is 11.3. The zero-order valence-corrected chi connectivity index (χ0v) is 11.3. The summed E-state index contributed by atoms with van der Waals surface area (Å²) in [4.78, 5) is 2.20. The molecule has 2 atom stereocenters. The minimum absolute atomic E-state index is 0.344. The molecule has 0 saturated heterocycles. The predicted molar refractivity (Wildman–Crippen MR) is 72.2 cm³/mol. The Balaban J connectivity index is 2.67. The lowest BCUT2D eigenvalue weighted by atomic mass is 10.1. The molecule has 96 valence electrons. The van der Waals surface area contributed by atoms with Gasteiger partial charge in [0.15, 0.2) is 0 Å². The maximum absolute atomic E-state index is 5.17. The second kappa shape index (κ2) is 7.43. The molecule has 1 N–H and O–H groups in total. The van der Waals surface area contributed by atoms with Crippen LogP contribution in [0.15, 0.2) is 30.3 Å². The van der Waals surface area contributed by atoms with Crippen molar-refractivity contribution in [2.24, 2.45) is 0 Å². The Morgan fingerprint density at radius 1 is 1.24 bits per heavy atom. The Bertz CT molecular complexity index is 300. The van der Waals surface area contributed by atoms with E-state index in [1.807, 2.05) is 0 Å². The third-order valence-corrected chi connectivity index (χ3v) is 2.65. The average Bonchev–Trinajstić information content (AvgIpc) is 2.29. The van der Waals surface area contributed by atoms with Crippen LogP contribution in [-0.2, 0) is 4.74 Å². The highest BCUT2D eigenvalue weighted by Crippen LogP contribution is 2.14. The molecule has 0 bridgehead atoms. The predicted octanol–water partition coefficient (Wildman–Crippen LogP) is 1.91. The van der Waals surface area contributed by atoms with Gasteiger partial charge >= 0.3 is 0 Å². The Labute approximate surface area is 105 Å². The van der Waals surface area contributed by atoms with Crippen molar-refractivity contribution in [3.8, 4) is 0 Å². The van der Waals surface area contributed by atoms with Gasteiger partial charge in [0, 0.05) is 25.7 Å². The minimum Gasteiger partial charge on any atom is -0.383 e. The number of hydrogen-bond acceptors (Lipinski definition) is 3. The molecule has 17 heavy (non-hydrogen) atoms. The van der Waals surface area contributed by atoms with Crippen molar-refractivity contribution in [3.63, 3.8) is 0 Å². The lowest BCUT2D eigenvalue weighted by Gasteiger charge is -2.26. The van der Waals surface area contributed by atoms with E-state index in [0.29, 0.717) is 12.1 Å². The number of ether oxygens (including phenoxy) is 1. The SMILES string of the molecule is COCC(C)NC(CN(C)C)c1ccccc1. The van der Waals surface area contributed by atoms with E-state index in [2.05, 4.69) is 61.6 Å². The van der Waals surface area contributed by atoms with Gasteiger partial charge in [0.2, 0.25) is 0 Å². The van der Waals surface area contributed by atoms with Crippen molar-refractivity contribution in [2.45, 2.75) is 19.0 Å². The van der Waals surface area contributed by atoms with Crippen LogP contribution >= 0.6 is 0 Å². The highest BCUT2D eigenvalue weighted by Gasteiger charge is 2.14. The molecule has 1 aromatic carbocycles. The summed E-state index contributed by atoms with van der Waals surface area (Å²) in [6.07, 6.45) is 0. The summed E-state index contributed by atoms with van der Waals surface area (Å²) in [5, 5.41) is 3.60. The fourth-order valence-electron chi connectivity index (χ4n) is 1.95. The number of likely N-dealkylation sites (N-methyl/N-ethyl adjacent to an activating group) is 1. The topological polar surface area (TPSA) is 24.5 Å². The molecule has 0 spiro atoms.